The quantitative estimate of drug-likeness (QED) is 0.926. The lowest BCUT2D eigenvalue weighted by Gasteiger charge is -2.27. The first kappa shape index (κ1) is 14.6. The van der Waals surface area contributed by atoms with E-state index in [1.54, 1.807) is 0 Å². The SMILES string of the molecule is OC(Cc1cccc(Cl)c1)CC1OCCc2ccccc21. The lowest BCUT2D eigenvalue weighted by atomic mass is 9.93. The van der Waals surface area contributed by atoms with E-state index in [4.69, 9.17) is 16.3 Å². The highest BCUT2D eigenvalue weighted by Gasteiger charge is 2.23. The summed E-state index contributed by atoms with van der Waals surface area (Å²) >= 11 is 5.98. The van der Waals surface area contributed by atoms with Gasteiger partial charge in [-0.3, -0.25) is 0 Å². The van der Waals surface area contributed by atoms with Gasteiger partial charge < -0.3 is 9.84 Å². The van der Waals surface area contributed by atoms with E-state index in [1.165, 1.54) is 11.1 Å². The lowest BCUT2D eigenvalue weighted by molar-refractivity contribution is 0.00456. The molecule has 0 saturated heterocycles. The van der Waals surface area contributed by atoms with Crippen LogP contribution in [-0.2, 0) is 17.6 Å². The van der Waals surface area contributed by atoms with E-state index < -0.39 is 6.10 Å². The zero-order valence-electron chi connectivity index (χ0n) is 11.8. The topological polar surface area (TPSA) is 29.5 Å². The van der Waals surface area contributed by atoms with Gasteiger partial charge in [0, 0.05) is 11.4 Å². The number of fused-ring (bicyclic) bond motifs is 1. The van der Waals surface area contributed by atoms with Gasteiger partial charge in [-0.15, -0.1) is 0 Å². The Morgan fingerprint density at radius 3 is 2.90 bits per heavy atom. The predicted octanol–water partition coefficient (Wildman–Crippen LogP) is 3.95. The molecule has 0 aromatic heterocycles. The Morgan fingerprint density at radius 1 is 1.19 bits per heavy atom. The molecule has 2 unspecified atom stereocenters. The number of hydrogen-bond donors (Lipinski definition) is 1. The number of aliphatic hydroxyl groups is 1. The van der Waals surface area contributed by atoms with Crippen LogP contribution >= 0.6 is 11.6 Å². The highest BCUT2D eigenvalue weighted by Crippen LogP contribution is 2.31. The van der Waals surface area contributed by atoms with Crippen LogP contribution in [-0.4, -0.2) is 17.8 Å². The minimum absolute atomic E-state index is 0.0101. The third kappa shape index (κ3) is 3.65. The molecule has 1 N–H and O–H groups in total. The van der Waals surface area contributed by atoms with Gasteiger partial charge >= 0.3 is 0 Å². The molecule has 3 heteroatoms. The van der Waals surface area contributed by atoms with Gasteiger partial charge in [0.25, 0.3) is 0 Å². The molecule has 1 aliphatic rings. The molecule has 3 rings (SSSR count). The van der Waals surface area contributed by atoms with Gasteiger partial charge in [-0.2, -0.15) is 0 Å². The third-order valence-corrected chi connectivity index (χ3v) is 4.17. The summed E-state index contributed by atoms with van der Waals surface area (Å²) in [6, 6.07) is 16.0. The van der Waals surface area contributed by atoms with Crippen molar-refractivity contribution in [1.29, 1.82) is 0 Å². The first-order chi connectivity index (χ1) is 10.2. The van der Waals surface area contributed by atoms with Crippen molar-refractivity contribution in [2.75, 3.05) is 6.61 Å². The van der Waals surface area contributed by atoms with Crippen molar-refractivity contribution in [1.82, 2.24) is 0 Å². The van der Waals surface area contributed by atoms with E-state index in [2.05, 4.69) is 18.2 Å². The Bertz CT molecular complexity index is 612. The molecular weight excluding hydrogens is 284 g/mol. The molecule has 2 nitrogen and oxygen atoms in total. The van der Waals surface area contributed by atoms with Crippen LogP contribution in [0.2, 0.25) is 5.02 Å². The maximum absolute atomic E-state index is 10.3. The van der Waals surface area contributed by atoms with Gasteiger partial charge in [0.2, 0.25) is 0 Å². The minimum Gasteiger partial charge on any atom is -0.393 e. The van der Waals surface area contributed by atoms with Crippen LogP contribution in [0.4, 0.5) is 0 Å². The molecule has 0 aliphatic carbocycles. The minimum atomic E-state index is -0.431. The fourth-order valence-electron chi connectivity index (χ4n) is 2.94. The molecule has 2 aromatic carbocycles. The van der Waals surface area contributed by atoms with Gasteiger partial charge in [0.15, 0.2) is 0 Å². The molecule has 110 valence electrons. The van der Waals surface area contributed by atoms with Gasteiger partial charge in [-0.05, 0) is 41.7 Å². The molecule has 0 radical (unpaired) electrons. The van der Waals surface area contributed by atoms with Gasteiger partial charge in [-0.1, -0.05) is 48.0 Å². The Hall–Kier alpha value is -1.35. The number of rotatable bonds is 4. The standard InChI is InChI=1S/C18H19ClO2/c19-15-6-3-4-13(10-15)11-16(20)12-18-17-7-2-1-5-14(17)8-9-21-18/h1-7,10,16,18,20H,8-9,11-12H2. The number of hydrogen-bond acceptors (Lipinski definition) is 2. The number of ether oxygens (including phenoxy) is 1. The van der Waals surface area contributed by atoms with Crippen molar-refractivity contribution in [2.45, 2.75) is 31.5 Å². The van der Waals surface area contributed by atoms with Crippen LogP contribution in [0.3, 0.4) is 0 Å². The van der Waals surface area contributed by atoms with E-state index in [0.717, 1.165) is 18.6 Å². The summed E-state index contributed by atoms with van der Waals surface area (Å²) in [6.45, 7) is 0.728. The van der Waals surface area contributed by atoms with Crippen LogP contribution in [0.1, 0.15) is 29.2 Å². The van der Waals surface area contributed by atoms with Crippen molar-refractivity contribution in [3.8, 4) is 0 Å². The Morgan fingerprint density at radius 2 is 2.05 bits per heavy atom. The first-order valence-corrected chi connectivity index (χ1v) is 7.72. The average molecular weight is 303 g/mol. The van der Waals surface area contributed by atoms with Crippen LogP contribution in [0.5, 0.6) is 0 Å². The summed E-state index contributed by atoms with van der Waals surface area (Å²) in [7, 11) is 0. The summed E-state index contributed by atoms with van der Waals surface area (Å²) < 4.78 is 5.85. The normalized spacial score (nSPS) is 19.0. The smallest absolute Gasteiger partial charge is 0.0852 e. The lowest BCUT2D eigenvalue weighted by Crippen LogP contribution is -2.22. The summed E-state index contributed by atoms with van der Waals surface area (Å²) in [5, 5.41) is 11.1. The number of halogens is 1. The average Bonchev–Trinajstić information content (AvgIpc) is 2.47. The van der Waals surface area contributed by atoms with E-state index in [1.807, 2.05) is 30.3 Å². The second kappa shape index (κ2) is 6.61. The van der Waals surface area contributed by atoms with Crippen molar-refractivity contribution in [3.63, 3.8) is 0 Å². The van der Waals surface area contributed by atoms with Gasteiger partial charge in [-0.25, -0.2) is 0 Å². The first-order valence-electron chi connectivity index (χ1n) is 7.34. The van der Waals surface area contributed by atoms with E-state index in [0.29, 0.717) is 17.9 Å². The summed E-state index contributed by atoms with van der Waals surface area (Å²) in [6.07, 6.45) is 1.73. The third-order valence-electron chi connectivity index (χ3n) is 3.94. The van der Waals surface area contributed by atoms with Crippen molar-refractivity contribution in [3.05, 3.63) is 70.2 Å². The maximum Gasteiger partial charge on any atom is 0.0852 e. The van der Waals surface area contributed by atoms with E-state index >= 15 is 0 Å². The Balaban J connectivity index is 1.67. The van der Waals surface area contributed by atoms with E-state index in [-0.39, 0.29) is 6.10 Å². The molecule has 1 heterocycles. The van der Waals surface area contributed by atoms with Gasteiger partial charge in [0.05, 0.1) is 18.8 Å². The molecule has 2 atom stereocenters. The molecule has 0 fully saturated rings. The zero-order valence-corrected chi connectivity index (χ0v) is 12.6. The van der Waals surface area contributed by atoms with Crippen LogP contribution in [0, 0.1) is 0 Å². The second-order valence-corrected chi connectivity index (χ2v) is 5.97. The molecule has 2 aromatic rings. The maximum atomic E-state index is 10.3. The monoisotopic (exact) mass is 302 g/mol. The summed E-state index contributed by atoms with van der Waals surface area (Å²) in [4.78, 5) is 0. The number of benzene rings is 2. The molecule has 0 spiro atoms. The van der Waals surface area contributed by atoms with Crippen LogP contribution in [0.25, 0.3) is 0 Å². The van der Waals surface area contributed by atoms with Crippen LogP contribution < -0.4 is 0 Å². The van der Waals surface area contributed by atoms with Gasteiger partial charge in [0.1, 0.15) is 0 Å². The van der Waals surface area contributed by atoms with Crippen molar-refractivity contribution < 1.29 is 9.84 Å². The van der Waals surface area contributed by atoms with Crippen molar-refractivity contribution >= 4 is 11.6 Å². The summed E-state index contributed by atoms with van der Waals surface area (Å²) in [5.74, 6) is 0. The Kier molecular flexibility index (Phi) is 4.59. The highest BCUT2D eigenvalue weighted by molar-refractivity contribution is 6.30. The van der Waals surface area contributed by atoms with E-state index in [9.17, 15) is 5.11 Å². The Labute approximate surface area is 130 Å². The molecular formula is C18H19ClO2. The highest BCUT2D eigenvalue weighted by atomic mass is 35.5. The molecule has 0 amide bonds. The second-order valence-electron chi connectivity index (χ2n) is 5.53. The summed E-state index contributed by atoms with van der Waals surface area (Å²) in [5.41, 5.74) is 3.61. The molecule has 1 aliphatic heterocycles. The number of aliphatic hydroxyl groups excluding tert-OH is 1. The zero-order chi connectivity index (χ0) is 14.7. The molecule has 21 heavy (non-hydrogen) atoms. The molecule has 0 saturated carbocycles. The largest absolute Gasteiger partial charge is 0.393 e. The van der Waals surface area contributed by atoms with Crippen molar-refractivity contribution in [2.24, 2.45) is 0 Å². The molecule has 0 bridgehead atoms. The van der Waals surface area contributed by atoms with Crippen LogP contribution in [0.15, 0.2) is 48.5 Å². The fraction of sp³-hybridized carbons (Fsp3) is 0.333. The predicted molar refractivity (Wildman–Crippen MR) is 84.6 cm³/mol. The fourth-order valence-corrected chi connectivity index (χ4v) is 3.15.